The van der Waals surface area contributed by atoms with Crippen molar-refractivity contribution in [2.24, 2.45) is 11.8 Å². The Morgan fingerprint density at radius 2 is 2.00 bits per heavy atom. The highest BCUT2D eigenvalue weighted by Crippen LogP contribution is 2.40. The number of aryl methyl sites for hydroxylation is 1. The summed E-state index contributed by atoms with van der Waals surface area (Å²) < 4.78 is 27.3. The number of rotatable bonds is 5. The zero-order valence-electron chi connectivity index (χ0n) is 19.5. The molecule has 2 bridgehead atoms. The minimum atomic E-state index is -0.506. The third-order valence-corrected chi connectivity index (χ3v) is 7.56. The Morgan fingerprint density at radius 1 is 1.17 bits per heavy atom. The average Bonchev–Trinajstić information content (AvgIpc) is 3.25. The fourth-order valence-electron chi connectivity index (χ4n) is 5.76. The Hall–Kier alpha value is -2.91. The minimum absolute atomic E-state index is 0.310. The monoisotopic (exact) mass is 498 g/mol. The topological polar surface area (TPSA) is 77.3 Å². The van der Waals surface area contributed by atoms with Crippen molar-refractivity contribution < 1.29 is 13.9 Å². The zero-order valence-corrected chi connectivity index (χ0v) is 20.3. The van der Waals surface area contributed by atoms with E-state index in [1.807, 2.05) is 16.8 Å². The summed E-state index contributed by atoms with van der Waals surface area (Å²) in [4.78, 5) is 11.5. The van der Waals surface area contributed by atoms with Crippen molar-refractivity contribution in [1.29, 1.82) is 0 Å². The van der Waals surface area contributed by atoms with Gasteiger partial charge in [0.25, 0.3) is 0 Å². The van der Waals surface area contributed by atoms with Crippen molar-refractivity contribution in [3.05, 3.63) is 58.8 Å². The van der Waals surface area contributed by atoms with Gasteiger partial charge in [0.15, 0.2) is 5.82 Å². The van der Waals surface area contributed by atoms with Crippen LogP contribution in [0.1, 0.15) is 36.8 Å². The van der Waals surface area contributed by atoms with E-state index in [4.69, 9.17) is 31.2 Å². The number of methoxy groups -OCH3 is 1. The molecule has 0 spiro atoms. The van der Waals surface area contributed by atoms with Gasteiger partial charge >= 0.3 is 0 Å². The van der Waals surface area contributed by atoms with Crippen molar-refractivity contribution >= 4 is 23.2 Å². The summed E-state index contributed by atoms with van der Waals surface area (Å²) in [7, 11) is 1.64. The van der Waals surface area contributed by atoms with E-state index in [1.54, 1.807) is 19.4 Å². The van der Waals surface area contributed by atoms with E-state index in [0.29, 0.717) is 59.3 Å². The zero-order chi connectivity index (χ0) is 23.9. The van der Waals surface area contributed by atoms with Gasteiger partial charge in [-0.05, 0) is 60.9 Å². The number of fused-ring (bicyclic) bond motifs is 3. The second-order valence-corrected chi connectivity index (χ2v) is 9.99. The number of aromatic nitrogens is 4. The lowest BCUT2D eigenvalue weighted by atomic mass is 9.92. The van der Waals surface area contributed by atoms with Crippen LogP contribution in [0, 0.1) is 17.7 Å². The number of nitrogens with zero attached hydrogens (tertiary/aromatic N) is 5. The summed E-state index contributed by atoms with van der Waals surface area (Å²) in [6.07, 6.45) is 4.44. The van der Waals surface area contributed by atoms with Gasteiger partial charge in [-0.3, -0.25) is 0 Å². The second kappa shape index (κ2) is 9.28. The predicted octanol–water partition coefficient (Wildman–Crippen LogP) is 4.31. The lowest BCUT2D eigenvalue weighted by molar-refractivity contribution is 0.0810. The van der Waals surface area contributed by atoms with Gasteiger partial charge < -0.3 is 19.7 Å². The molecule has 2 fully saturated rings. The molecule has 2 aromatic heterocycles. The van der Waals surface area contributed by atoms with Gasteiger partial charge in [0.2, 0.25) is 11.8 Å². The number of halogens is 2. The second-order valence-electron chi connectivity index (χ2n) is 9.55. The van der Waals surface area contributed by atoms with Crippen LogP contribution in [0.15, 0.2) is 36.5 Å². The average molecular weight is 499 g/mol. The molecule has 3 aliphatic rings. The number of ether oxygens (including phenoxy) is 2. The first-order valence-corrected chi connectivity index (χ1v) is 12.5. The Labute approximate surface area is 208 Å². The number of hydrogen-bond donors (Lipinski definition) is 1. The van der Waals surface area contributed by atoms with Gasteiger partial charge in [-0.15, -0.1) is 5.10 Å². The highest BCUT2D eigenvalue weighted by atomic mass is 35.5. The smallest absolute Gasteiger partial charge is 0.242 e. The van der Waals surface area contributed by atoms with E-state index in [2.05, 4.69) is 15.2 Å². The van der Waals surface area contributed by atoms with Crippen molar-refractivity contribution in [3.8, 4) is 5.88 Å². The Kier molecular flexibility index (Phi) is 5.98. The summed E-state index contributed by atoms with van der Waals surface area (Å²) in [5.74, 6) is 2.52. The molecule has 2 aliphatic heterocycles. The van der Waals surface area contributed by atoms with E-state index in [9.17, 15) is 4.39 Å². The maximum absolute atomic E-state index is 14.1. The molecule has 1 aromatic carbocycles. The minimum Gasteiger partial charge on any atom is -0.481 e. The Morgan fingerprint density at radius 3 is 2.77 bits per heavy atom. The van der Waals surface area contributed by atoms with Crippen LogP contribution in [0.3, 0.4) is 0 Å². The third kappa shape index (κ3) is 4.43. The summed E-state index contributed by atoms with van der Waals surface area (Å²) in [6, 6.07) is 8.84. The molecule has 1 saturated heterocycles. The molecule has 1 aliphatic carbocycles. The van der Waals surface area contributed by atoms with E-state index in [1.165, 1.54) is 25.0 Å². The maximum atomic E-state index is 14.1. The Balaban J connectivity index is 1.21. The van der Waals surface area contributed by atoms with E-state index in [0.717, 1.165) is 25.2 Å². The molecular formula is C25H28ClFN6O2. The fraction of sp³-hybridized carbons (Fsp3) is 0.480. The van der Waals surface area contributed by atoms with Crippen LogP contribution in [0.5, 0.6) is 5.88 Å². The van der Waals surface area contributed by atoms with E-state index >= 15 is 0 Å². The van der Waals surface area contributed by atoms with Crippen molar-refractivity contribution in [2.45, 2.75) is 38.0 Å². The van der Waals surface area contributed by atoms with Crippen LogP contribution in [0.4, 0.5) is 16.0 Å². The molecule has 1 saturated carbocycles. The number of piperidine rings is 1. The number of hydrogen-bond acceptors (Lipinski definition) is 7. The molecule has 10 heteroatoms. The Bertz CT molecular complexity index is 1190. The van der Waals surface area contributed by atoms with Crippen LogP contribution < -0.4 is 15.0 Å². The molecule has 1 N–H and O–H groups in total. The highest BCUT2D eigenvalue weighted by molar-refractivity contribution is 6.30. The standard InChI is InChI=1S/C25H28ClFN6O2/c1-34-21-12-20(5-6-28-21)32-13-15-3-4-16(14-32)22(15)29-25-30-24-23(35-8-2-7-33(24)31-25)17-9-18(26)11-19(27)10-17/h5-6,9-12,15-16,22-23H,2-4,7-8,13-14H2,1H3,(H,29,31)/t15-,16+,22-,23-/m0/s1. The molecule has 35 heavy (non-hydrogen) atoms. The van der Waals surface area contributed by atoms with Crippen LogP contribution in [0.25, 0.3) is 0 Å². The van der Waals surface area contributed by atoms with E-state index < -0.39 is 6.10 Å². The molecule has 8 nitrogen and oxygen atoms in total. The molecule has 0 unspecified atom stereocenters. The van der Waals surface area contributed by atoms with Crippen molar-refractivity contribution in [3.63, 3.8) is 0 Å². The summed E-state index contributed by atoms with van der Waals surface area (Å²) in [6.45, 7) is 3.18. The lowest BCUT2D eigenvalue weighted by Crippen LogP contribution is -2.48. The van der Waals surface area contributed by atoms with Crippen LogP contribution in [-0.4, -0.2) is 52.6 Å². The lowest BCUT2D eigenvalue weighted by Gasteiger charge is -2.39. The molecule has 0 amide bonds. The molecule has 3 aromatic rings. The third-order valence-electron chi connectivity index (χ3n) is 7.34. The van der Waals surface area contributed by atoms with Gasteiger partial charge in [-0.25, -0.2) is 14.1 Å². The maximum Gasteiger partial charge on any atom is 0.242 e. The quantitative estimate of drug-likeness (QED) is 0.561. The largest absolute Gasteiger partial charge is 0.481 e. The van der Waals surface area contributed by atoms with Gasteiger partial charge in [-0.1, -0.05) is 11.6 Å². The summed E-state index contributed by atoms with van der Waals surface area (Å²) >= 11 is 6.12. The first-order valence-electron chi connectivity index (χ1n) is 12.1. The number of benzene rings is 1. The van der Waals surface area contributed by atoms with Gasteiger partial charge in [0.05, 0.1) is 7.11 Å². The first kappa shape index (κ1) is 22.5. The molecule has 4 atom stereocenters. The molecule has 4 heterocycles. The number of pyridine rings is 1. The van der Waals surface area contributed by atoms with Crippen molar-refractivity contribution in [2.75, 3.05) is 37.0 Å². The van der Waals surface area contributed by atoms with Crippen LogP contribution in [0.2, 0.25) is 5.02 Å². The molecule has 6 rings (SSSR count). The molecule has 0 radical (unpaired) electrons. The highest BCUT2D eigenvalue weighted by Gasteiger charge is 2.43. The number of anilines is 2. The SMILES string of the molecule is COc1cc(N2C[C@H]3CC[C@@H](C2)[C@@H]3Nc2nc3n(n2)CCCO[C@H]3c2cc(F)cc(Cl)c2)ccn1. The first-order chi connectivity index (χ1) is 17.1. The van der Waals surface area contributed by atoms with Crippen LogP contribution >= 0.6 is 11.6 Å². The summed E-state index contributed by atoms with van der Waals surface area (Å²) in [5.41, 5.74) is 1.80. The molecule has 184 valence electrons. The number of nitrogens with one attached hydrogen (secondary N) is 1. The summed E-state index contributed by atoms with van der Waals surface area (Å²) in [5, 5.41) is 8.76. The van der Waals surface area contributed by atoms with Gasteiger partial charge in [0, 0.05) is 55.3 Å². The molecular weight excluding hydrogens is 471 g/mol. The van der Waals surface area contributed by atoms with Gasteiger partial charge in [0.1, 0.15) is 11.9 Å². The predicted molar refractivity (Wildman–Crippen MR) is 130 cm³/mol. The van der Waals surface area contributed by atoms with E-state index in [-0.39, 0.29) is 5.82 Å². The normalized spacial score (nSPS) is 25.7. The van der Waals surface area contributed by atoms with Gasteiger partial charge in [-0.2, -0.15) is 4.98 Å². The van der Waals surface area contributed by atoms with Crippen molar-refractivity contribution in [1.82, 2.24) is 19.7 Å². The fourth-order valence-corrected chi connectivity index (χ4v) is 5.99. The van der Waals surface area contributed by atoms with Crippen LogP contribution in [-0.2, 0) is 11.3 Å².